The largest absolute Gasteiger partial charge is 0.494 e. The monoisotopic (exact) mass is 414 g/mol. The summed E-state index contributed by atoms with van der Waals surface area (Å²) >= 11 is 0. The Hall–Kier alpha value is -3.11. The number of nitrogens with zero attached hydrogens (tertiary/aromatic N) is 2. The molecular weight excluding hydrogens is 384 g/mol. The number of ether oxygens (including phenoxy) is 1. The summed E-state index contributed by atoms with van der Waals surface area (Å²) in [6.07, 6.45) is 0.945. The summed E-state index contributed by atoms with van der Waals surface area (Å²) in [5, 5.41) is 0. The van der Waals surface area contributed by atoms with Gasteiger partial charge in [0.15, 0.2) is 0 Å². The van der Waals surface area contributed by atoms with Crippen molar-refractivity contribution in [2.45, 2.75) is 33.0 Å². The highest BCUT2D eigenvalue weighted by Crippen LogP contribution is 2.28. The maximum atomic E-state index is 13.4. The van der Waals surface area contributed by atoms with E-state index in [2.05, 4.69) is 41.3 Å². The smallest absolute Gasteiger partial charge is 0.237 e. The van der Waals surface area contributed by atoms with Gasteiger partial charge in [-0.05, 0) is 36.1 Å². The van der Waals surface area contributed by atoms with E-state index in [1.165, 1.54) is 11.1 Å². The van der Waals surface area contributed by atoms with Crippen LogP contribution in [0.25, 0.3) is 0 Å². The summed E-state index contributed by atoms with van der Waals surface area (Å²) in [4.78, 5) is 17.6. The maximum Gasteiger partial charge on any atom is 0.237 e. The van der Waals surface area contributed by atoms with Gasteiger partial charge in [-0.2, -0.15) is 0 Å². The molecule has 0 N–H and O–H groups in total. The molecule has 1 amide bonds. The zero-order valence-electron chi connectivity index (χ0n) is 18.2. The van der Waals surface area contributed by atoms with Gasteiger partial charge >= 0.3 is 0 Å². The molecule has 1 aliphatic heterocycles. The lowest BCUT2D eigenvalue weighted by Gasteiger charge is -2.32. The molecule has 4 nitrogen and oxygen atoms in total. The SMILES string of the molecule is CCOc1cccc2c1CN(CC(=O)N(Cc1ccccc1)Cc1ccccc1)CC2. The first kappa shape index (κ1) is 21.1. The maximum absolute atomic E-state index is 13.4. The fraction of sp³-hybridized carbons (Fsp3) is 0.296. The molecule has 4 rings (SSSR count). The third-order valence-electron chi connectivity index (χ3n) is 5.75. The summed E-state index contributed by atoms with van der Waals surface area (Å²) < 4.78 is 5.84. The molecule has 0 spiro atoms. The van der Waals surface area contributed by atoms with Crippen molar-refractivity contribution in [3.8, 4) is 5.75 Å². The van der Waals surface area contributed by atoms with Crippen LogP contribution in [0.4, 0.5) is 0 Å². The van der Waals surface area contributed by atoms with Crippen LogP contribution in [0.3, 0.4) is 0 Å². The van der Waals surface area contributed by atoms with Crippen LogP contribution in [-0.4, -0.2) is 35.4 Å². The molecule has 3 aromatic carbocycles. The number of rotatable bonds is 8. The van der Waals surface area contributed by atoms with Crippen LogP contribution < -0.4 is 4.74 Å². The molecule has 1 heterocycles. The molecular formula is C27H30N2O2. The predicted octanol–water partition coefficient (Wildman–Crippen LogP) is 4.67. The quantitative estimate of drug-likeness (QED) is 0.537. The lowest BCUT2D eigenvalue weighted by molar-refractivity contribution is -0.134. The van der Waals surface area contributed by atoms with E-state index in [4.69, 9.17) is 4.74 Å². The Bertz CT molecular complexity index is 947. The van der Waals surface area contributed by atoms with E-state index in [0.29, 0.717) is 26.2 Å². The molecule has 0 fully saturated rings. The summed E-state index contributed by atoms with van der Waals surface area (Å²) in [6, 6.07) is 26.7. The Labute approximate surface area is 185 Å². The second kappa shape index (κ2) is 10.3. The minimum absolute atomic E-state index is 0.157. The highest BCUT2D eigenvalue weighted by atomic mass is 16.5. The van der Waals surface area contributed by atoms with E-state index in [1.807, 2.05) is 54.3 Å². The molecule has 31 heavy (non-hydrogen) atoms. The lowest BCUT2D eigenvalue weighted by Crippen LogP contribution is -2.41. The fourth-order valence-electron chi connectivity index (χ4n) is 4.16. The molecule has 0 saturated heterocycles. The third-order valence-corrected chi connectivity index (χ3v) is 5.75. The van der Waals surface area contributed by atoms with Gasteiger partial charge in [0, 0.05) is 31.7 Å². The Kier molecular flexibility index (Phi) is 7.00. The van der Waals surface area contributed by atoms with Crippen molar-refractivity contribution in [1.82, 2.24) is 9.80 Å². The molecule has 0 atom stereocenters. The topological polar surface area (TPSA) is 32.8 Å². The van der Waals surface area contributed by atoms with E-state index >= 15 is 0 Å². The molecule has 0 aliphatic carbocycles. The van der Waals surface area contributed by atoms with Crippen LogP contribution in [0.1, 0.15) is 29.2 Å². The van der Waals surface area contributed by atoms with Gasteiger partial charge in [0.25, 0.3) is 0 Å². The highest BCUT2D eigenvalue weighted by molar-refractivity contribution is 5.78. The molecule has 0 unspecified atom stereocenters. The molecule has 0 radical (unpaired) electrons. The number of benzene rings is 3. The Morgan fingerprint density at radius 1 is 0.903 bits per heavy atom. The minimum Gasteiger partial charge on any atom is -0.494 e. The van der Waals surface area contributed by atoms with Gasteiger partial charge in [-0.15, -0.1) is 0 Å². The second-order valence-electron chi connectivity index (χ2n) is 8.01. The van der Waals surface area contributed by atoms with Crippen LogP contribution in [0.15, 0.2) is 78.9 Å². The van der Waals surface area contributed by atoms with E-state index in [9.17, 15) is 4.79 Å². The summed E-state index contributed by atoms with van der Waals surface area (Å²) in [7, 11) is 0. The van der Waals surface area contributed by atoms with E-state index in [-0.39, 0.29) is 5.91 Å². The van der Waals surface area contributed by atoms with Gasteiger partial charge < -0.3 is 9.64 Å². The summed E-state index contributed by atoms with van der Waals surface area (Å²) in [5.74, 6) is 1.10. The Morgan fingerprint density at radius 3 is 2.16 bits per heavy atom. The van der Waals surface area contributed by atoms with Gasteiger partial charge in [0.1, 0.15) is 5.75 Å². The summed E-state index contributed by atoms with van der Waals surface area (Å²) in [5.41, 5.74) is 4.85. The standard InChI is InChI=1S/C27H30N2O2/c1-2-31-26-15-9-14-24-16-17-28(20-25(24)26)21-27(30)29(18-22-10-5-3-6-11-22)19-23-12-7-4-8-13-23/h3-15H,2,16-21H2,1H3. The Morgan fingerprint density at radius 2 is 1.55 bits per heavy atom. The molecule has 0 aromatic heterocycles. The molecule has 160 valence electrons. The van der Waals surface area contributed by atoms with E-state index in [0.717, 1.165) is 36.4 Å². The van der Waals surface area contributed by atoms with Gasteiger partial charge in [0.05, 0.1) is 13.2 Å². The van der Waals surface area contributed by atoms with Crippen molar-refractivity contribution in [2.75, 3.05) is 19.7 Å². The molecule has 0 saturated carbocycles. The van der Waals surface area contributed by atoms with Gasteiger partial charge in [-0.3, -0.25) is 9.69 Å². The number of fused-ring (bicyclic) bond motifs is 1. The zero-order chi connectivity index (χ0) is 21.5. The van der Waals surface area contributed by atoms with Crippen molar-refractivity contribution >= 4 is 5.91 Å². The second-order valence-corrected chi connectivity index (χ2v) is 8.01. The van der Waals surface area contributed by atoms with E-state index in [1.54, 1.807) is 0 Å². The predicted molar refractivity (Wildman–Crippen MR) is 124 cm³/mol. The molecule has 3 aromatic rings. The van der Waals surface area contributed by atoms with Crippen LogP contribution >= 0.6 is 0 Å². The van der Waals surface area contributed by atoms with Crippen LogP contribution in [0.5, 0.6) is 5.75 Å². The first-order chi connectivity index (χ1) is 15.2. The third kappa shape index (κ3) is 5.53. The lowest BCUT2D eigenvalue weighted by atomic mass is 9.98. The zero-order valence-corrected chi connectivity index (χ0v) is 18.2. The summed E-state index contributed by atoms with van der Waals surface area (Å²) in [6.45, 7) is 5.94. The molecule has 4 heteroatoms. The van der Waals surface area contributed by atoms with Crippen molar-refractivity contribution < 1.29 is 9.53 Å². The van der Waals surface area contributed by atoms with E-state index < -0.39 is 0 Å². The Balaban J connectivity index is 1.48. The molecule has 1 aliphatic rings. The number of hydrogen-bond donors (Lipinski definition) is 0. The first-order valence-electron chi connectivity index (χ1n) is 11.0. The number of carbonyl (C=O) groups excluding carboxylic acids is 1. The number of amides is 1. The van der Waals surface area contributed by atoms with Crippen LogP contribution in [0, 0.1) is 0 Å². The highest BCUT2D eigenvalue weighted by Gasteiger charge is 2.24. The van der Waals surface area contributed by atoms with Crippen LogP contribution in [-0.2, 0) is 30.8 Å². The van der Waals surface area contributed by atoms with Crippen molar-refractivity contribution in [2.24, 2.45) is 0 Å². The van der Waals surface area contributed by atoms with Gasteiger partial charge in [0.2, 0.25) is 5.91 Å². The first-order valence-corrected chi connectivity index (χ1v) is 11.0. The average molecular weight is 415 g/mol. The molecule has 0 bridgehead atoms. The average Bonchev–Trinajstić information content (AvgIpc) is 2.80. The van der Waals surface area contributed by atoms with Crippen molar-refractivity contribution in [3.05, 3.63) is 101 Å². The number of carbonyl (C=O) groups is 1. The minimum atomic E-state index is 0.157. The fourth-order valence-corrected chi connectivity index (χ4v) is 4.16. The van der Waals surface area contributed by atoms with Crippen molar-refractivity contribution in [3.63, 3.8) is 0 Å². The van der Waals surface area contributed by atoms with Gasteiger partial charge in [-0.1, -0.05) is 72.8 Å². The van der Waals surface area contributed by atoms with Crippen LogP contribution in [0.2, 0.25) is 0 Å². The number of hydrogen-bond acceptors (Lipinski definition) is 3. The van der Waals surface area contributed by atoms with Crippen molar-refractivity contribution in [1.29, 1.82) is 0 Å². The van der Waals surface area contributed by atoms with Gasteiger partial charge in [-0.25, -0.2) is 0 Å². The normalized spacial score (nSPS) is 13.5.